The van der Waals surface area contributed by atoms with Gasteiger partial charge in [0.25, 0.3) is 0 Å². The van der Waals surface area contributed by atoms with E-state index in [-0.39, 0.29) is 16.5 Å². The highest BCUT2D eigenvalue weighted by Gasteiger charge is 2.36. The molecule has 2 heterocycles. The Balaban J connectivity index is 2.21. The number of nitrogens with zero attached hydrogens (tertiary/aromatic N) is 1. The quantitative estimate of drug-likeness (QED) is 0.908. The first-order valence-electron chi connectivity index (χ1n) is 5.57. The van der Waals surface area contributed by atoms with Crippen molar-refractivity contribution in [2.45, 2.75) is 25.1 Å². The summed E-state index contributed by atoms with van der Waals surface area (Å²) in [6.45, 7) is 1.51. The van der Waals surface area contributed by atoms with Gasteiger partial charge in [0.2, 0.25) is 5.88 Å². The molecule has 0 unspecified atom stereocenters. The maximum Gasteiger partial charge on any atom is 0.421 e. The first-order chi connectivity index (χ1) is 8.47. The van der Waals surface area contributed by atoms with Crippen LogP contribution in [0.5, 0.6) is 5.88 Å². The molecule has 0 aromatic carbocycles. The number of nitrogens with one attached hydrogen (secondary N) is 1. The predicted molar refractivity (Wildman–Crippen MR) is 63.5 cm³/mol. The molecule has 18 heavy (non-hydrogen) atoms. The van der Waals surface area contributed by atoms with Crippen LogP contribution in [0.3, 0.4) is 0 Å². The van der Waals surface area contributed by atoms with Gasteiger partial charge in [0.05, 0.1) is 0 Å². The Kier molecular flexibility index (Phi) is 4.11. The van der Waals surface area contributed by atoms with E-state index in [9.17, 15) is 13.2 Å². The minimum absolute atomic E-state index is 0.207. The normalized spacial score (nSPS) is 17.8. The van der Waals surface area contributed by atoms with E-state index in [0.29, 0.717) is 12.8 Å². The lowest BCUT2D eigenvalue weighted by Crippen LogP contribution is -2.34. The van der Waals surface area contributed by atoms with Crippen molar-refractivity contribution >= 4 is 15.9 Å². The molecule has 7 heteroatoms. The van der Waals surface area contributed by atoms with Crippen molar-refractivity contribution in [1.82, 2.24) is 10.3 Å². The molecule has 0 saturated carbocycles. The van der Waals surface area contributed by atoms with E-state index in [2.05, 4.69) is 26.2 Å². The van der Waals surface area contributed by atoms with Gasteiger partial charge in [-0.15, -0.1) is 0 Å². The average Bonchev–Trinajstić information content (AvgIpc) is 2.31. The summed E-state index contributed by atoms with van der Waals surface area (Å²) < 4.78 is 44.1. The molecule has 1 N–H and O–H groups in total. The molecule has 1 fully saturated rings. The topological polar surface area (TPSA) is 34.1 Å². The van der Waals surface area contributed by atoms with Gasteiger partial charge in [-0.05, 0) is 47.9 Å². The van der Waals surface area contributed by atoms with Crippen LogP contribution < -0.4 is 10.1 Å². The fourth-order valence-electron chi connectivity index (χ4n) is 1.79. The second-order valence-electron chi connectivity index (χ2n) is 4.07. The third-order valence-corrected chi connectivity index (χ3v) is 3.12. The van der Waals surface area contributed by atoms with Gasteiger partial charge in [0, 0.05) is 10.7 Å². The number of hydrogen-bond donors (Lipinski definition) is 1. The highest BCUT2D eigenvalue weighted by Crippen LogP contribution is 2.37. The van der Waals surface area contributed by atoms with E-state index in [1.54, 1.807) is 0 Å². The fourth-order valence-corrected chi connectivity index (χ4v) is 2.13. The molecule has 100 valence electrons. The van der Waals surface area contributed by atoms with Crippen molar-refractivity contribution in [1.29, 1.82) is 0 Å². The average molecular weight is 325 g/mol. The predicted octanol–water partition coefficient (Wildman–Crippen LogP) is 2.99. The first kappa shape index (κ1) is 13.6. The Bertz CT molecular complexity index is 419. The van der Waals surface area contributed by atoms with Gasteiger partial charge in [-0.1, -0.05) is 0 Å². The van der Waals surface area contributed by atoms with Gasteiger partial charge in [0.1, 0.15) is 11.7 Å². The molecule has 0 spiro atoms. The van der Waals surface area contributed by atoms with E-state index in [1.807, 2.05) is 0 Å². The van der Waals surface area contributed by atoms with E-state index < -0.39 is 11.7 Å². The van der Waals surface area contributed by atoms with Gasteiger partial charge in [0.15, 0.2) is 0 Å². The maximum absolute atomic E-state index is 12.8. The number of aromatic nitrogens is 1. The monoisotopic (exact) mass is 324 g/mol. The molecule has 0 bridgehead atoms. The maximum atomic E-state index is 12.8. The van der Waals surface area contributed by atoms with Crippen molar-refractivity contribution < 1.29 is 17.9 Å². The number of hydrogen-bond acceptors (Lipinski definition) is 3. The minimum atomic E-state index is -4.46. The molecule has 1 aliphatic heterocycles. The largest absolute Gasteiger partial charge is 0.474 e. The molecule has 0 amide bonds. The number of piperidine rings is 1. The van der Waals surface area contributed by atoms with Crippen LogP contribution in [0.15, 0.2) is 16.7 Å². The molecule has 3 nitrogen and oxygen atoms in total. The minimum Gasteiger partial charge on any atom is -0.474 e. The standard InChI is InChI=1S/C11H12BrF3N2O/c12-7-5-9(11(13,14)15)10(17-6-7)18-8-1-3-16-4-2-8/h5-6,8,16H,1-4H2. The van der Waals surface area contributed by atoms with Crippen LogP contribution in [0.4, 0.5) is 13.2 Å². The zero-order chi connectivity index (χ0) is 13.2. The van der Waals surface area contributed by atoms with Gasteiger partial charge in [-0.2, -0.15) is 13.2 Å². The summed E-state index contributed by atoms with van der Waals surface area (Å²) >= 11 is 2.99. The molecular formula is C11H12BrF3N2O. The Morgan fingerprint density at radius 1 is 1.33 bits per heavy atom. The molecule has 0 atom stereocenters. The highest BCUT2D eigenvalue weighted by atomic mass is 79.9. The molecule has 1 saturated heterocycles. The van der Waals surface area contributed by atoms with Gasteiger partial charge in [-0.3, -0.25) is 0 Å². The lowest BCUT2D eigenvalue weighted by atomic mass is 10.1. The Morgan fingerprint density at radius 2 is 2.00 bits per heavy atom. The van der Waals surface area contributed by atoms with Crippen LogP contribution in [-0.2, 0) is 6.18 Å². The van der Waals surface area contributed by atoms with Gasteiger partial charge in [-0.25, -0.2) is 4.98 Å². The molecule has 1 aromatic heterocycles. The number of rotatable bonds is 2. The summed E-state index contributed by atoms with van der Waals surface area (Å²) in [5.41, 5.74) is -0.838. The second kappa shape index (κ2) is 5.44. The van der Waals surface area contributed by atoms with E-state index in [4.69, 9.17) is 4.74 Å². The molecule has 1 aliphatic rings. The third-order valence-electron chi connectivity index (χ3n) is 2.69. The Labute approximate surface area is 111 Å². The van der Waals surface area contributed by atoms with Crippen molar-refractivity contribution in [3.05, 3.63) is 22.3 Å². The van der Waals surface area contributed by atoms with Crippen LogP contribution >= 0.6 is 15.9 Å². The van der Waals surface area contributed by atoms with Gasteiger partial charge >= 0.3 is 6.18 Å². The number of alkyl halides is 3. The van der Waals surface area contributed by atoms with Crippen molar-refractivity contribution in [2.24, 2.45) is 0 Å². The van der Waals surface area contributed by atoms with Crippen molar-refractivity contribution in [3.63, 3.8) is 0 Å². The molecule has 0 aliphatic carbocycles. The Hall–Kier alpha value is -0.820. The zero-order valence-corrected chi connectivity index (χ0v) is 11.0. The SMILES string of the molecule is FC(F)(F)c1cc(Br)cnc1OC1CCNCC1. The molecule has 0 radical (unpaired) electrons. The molecule has 2 rings (SSSR count). The lowest BCUT2D eigenvalue weighted by molar-refractivity contribution is -0.139. The second-order valence-corrected chi connectivity index (χ2v) is 4.99. The van der Waals surface area contributed by atoms with E-state index >= 15 is 0 Å². The van der Waals surface area contributed by atoms with Crippen LogP contribution in [0.25, 0.3) is 0 Å². The lowest BCUT2D eigenvalue weighted by Gasteiger charge is -2.24. The van der Waals surface area contributed by atoms with Crippen LogP contribution in [-0.4, -0.2) is 24.2 Å². The summed E-state index contributed by atoms with van der Waals surface area (Å²) in [7, 11) is 0. The van der Waals surface area contributed by atoms with E-state index in [0.717, 1.165) is 19.2 Å². The number of pyridine rings is 1. The third kappa shape index (κ3) is 3.35. The zero-order valence-electron chi connectivity index (χ0n) is 9.43. The van der Waals surface area contributed by atoms with E-state index in [1.165, 1.54) is 6.20 Å². The fraction of sp³-hybridized carbons (Fsp3) is 0.545. The van der Waals surface area contributed by atoms with Crippen molar-refractivity contribution in [3.8, 4) is 5.88 Å². The first-order valence-corrected chi connectivity index (χ1v) is 6.36. The number of halogens is 4. The van der Waals surface area contributed by atoms with Crippen molar-refractivity contribution in [2.75, 3.05) is 13.1 Å². The Morgan fingerprint density at radius 3 is 2.61 bits per heavy atom. The summed E-state index contributed by atoms with van der Waals surface area (Å²) in [5.74, 6) is -0.336. The number of ether oxygens (including phenoxy) is 1. The summed E-state index contributed by atoms with van der Waals surface area (Å²) in [6, 6.07) is 0.989. The van der Waals surface area contributed by atoms with Crippen LogP contribution in [0.2, 0.25) is 0 Å². The molecular weight excluding hydrogens is 313 g/mol. The smallest absolute Gasteiger partial charge is 0.421 e. The highest BCUT2D eigenvalue weighted by molar-refractivity contribution is 9.10. The van der Waals surface area contributed by atoms with Crippen LogP contribution in [0, 0.1) is 0 Å². The molecule has 1 aromatic rings. The summed E-state index contributed by atoms with van der Waals surface area (Å²) in [5, 5.41) is 3.12. The van der Waals surface area contributed by atoms with Gasteiger partial charge < -0.3 is 10.1 Å². The summed E-state index contributed by atoms with van der Waals surface area (Å²) in [6.07, 6.45) is -1.98. The summed E-state index contributed by atoms with van der Waals surface area (Å²) in [4.78, 5) is 3.73. The van der Waals surface area contributed by atoms with Crippen LogP contribution in [0.1, 0.15) is 18.4 Å².